The summed E-state index contributed by atoms with van der Waals surface area (Å²) in [7, 11) is 3.06. The molecular weight excluding hydrogens is 531 g/mol. The van der Waals surface area contributed by atoms with Gasteiger partial charge in [-0.05, 0) is 54.6 Å². The van der Waals surface area contributed by atoms with Crippen LogP contribution in [0.5, 0.6) is 11.5 Å². The van der Waals surface area contributed by atoms with Crippen LogP contribution in [-0.4, -0.2) is 59.0 Å². The summed E-state index contributed by atoms with van der Waals surface area (Å²) < 4.78 is 18.2. The zero-order valence-electron chi connectivity index (χ0n) is 18.1. The molecule has 2 N–H and O–H groups in total. The number of benzene rings is 1. The van der Waals surface area contributed by atoms with Gasteiger partial charge < -0.3 is 24.6 Å². The largest absolute Gasteiger partial charge is 0.493 e. The minimum Gasteiger partial charge on any atom is -0.493 e. The molecule has 11 nitrogen and oxygen atoms in total. The van der Waals surface area contributed by atoms with E-state index < -0.39 is 5.91 Å². The van der Waals surface area contributed by atoms with Gasteiger partial charge in [0.15, 0.2) is 11.5 Å². The Bertz CT molecular complexity index is 1130. The molecule has 2 aromatic heterocycles. The van der Waals surface area contributed by atoms with Gasteiger partial charge in [0.1, 0.15) is 6.54 Å². The number of hydrogen-bond donors (Lipinski definition) is 2. The maximum absolute atomic E-state index is 12.3. The Morgan fingerprint density at radius 2 is 1.84 bits per heavy atom. The highest BCUT2D eigenvalue weighted by Gasteiger charge is 2.17. The Balaban J connectivity index is 1.49. The van der Waals surface area contributed by atoms with Gasteiger partial charge in [0, 0.05) is 24.3 Å². The molecule has 2 heterocycles. The maximum atomic E-state index is 12.3. The SMILES string of the molecule is COc1ccc(-c2noc(C(=O)NCCNC(=O)Cn3nc(C)c(I)c3C)n2)cc1OC. The van der Waals surface area contributed by atoms with Crippen LogP contribution >= 0.6 is 22.6 Å². The molecular formula is C20H23IN6O5. The van der Waals surface area contributed by atoms with Crippen molar-refractivity contribution in [1.82, 2.24) is 30.6 Å². The summed E-state index contributed by atoms with van der Waals surface area (Å²) in [5, 5.41) is 13.5. The van der Waals surface area contributed by atoms with E-state index in [1.807, 2.05) is 13.8 Å². The third-order valence-electron chi connectivity index (χ3n) is 4.58. The average molecular weight is 554 g/mol. The molecule has 32 heavy (non-hydrogen) atoms. The van der Waals surface area contributed by atoms with Gasteiger partial charge in [-0.3, -0.25) is 14.3 Å². The van der Waals surface area contributed by atoms with Gasteiger partial charge in [0.2, 0.25) is 11.7 Å². The van der Waals surface area contributed by atoms with Gasteiger partial charge in [0.05, 0.1) is 23.5 Å². The number of rotatable bonds is 9. The summed E-state index contributed by atoms with van der Waals surface area (Å²) in [5.74, 6) is 0.391. The lowest BCUT2D eigenvalue weighted by molar-refractivity contribution is -0.121. The summed E-state index contributed by atoms with van der Waals surface area (Å²) in [4.78, 5) is 28.5. The van der Waals surface area contributed by atoms with E-state index in [2.05, 4.69) is 48.5 Å². The molecule has 0 spiro atoms. The molecule has 0 radical (unpaired) electrons. The van der Waals surface area contributed by atoms with Gasteiger partial charge >= 0.3 is 11.8 Å². The molecule has 0 aliphatic carbocycles. The molecule has 0 saturated heterocycles. The fourth-order valence-electron chi connectivity index (χ4n) is 2.88. The smallest absolute Gasteiger partial charge is 0.316 e. The van der Waals surface area contributed by atoms with Gasteiger partial charge in [-0.25, -0.2) is 0 Å². The lowest BCUT2D eigenvalue weighted by Crippen LogP contribution is -2.36. The van der Waals surface area contributed by atoms with Crippen LogP contribution in [0.25, 0.3) is 11.4 Å². The first-order chi connectivity index (χ1) is 15.3. The number of carbonyl (C=O) groups is 2. The number of nitrogens with one attached hydrogen (secondary N) is 2. The third-order valence-corrected chi connectivity index (χ3v) is 6.14. The second-order valence-electron chi connectivity index (χ2n) is 6.74. The van der Waals surface area contributed by atoms with Crippen molar-refractivity contribution >= 4 is 34.4 Å². The Morgan fingerprint density at radius 3 is 2.50 bits per heavy atom. The Kier molecular flexibility index (Phi) is 7.66. The third kappa shape index (κ3) is 5.36. The maximum Gasteiger partial charge on any atom is 0.316 e. The Hall–Kier alpha value is -3.16. The topological polar surface area (TPSA) is 133 Å². The van der Waals surface area contributed by atoms with E-state index in [0.29, 0.717) is 17.1 Å². The molecule has 12 heteroatoms. The number of amides is 2. The second kappa shape index (κ2) is 10.4. The molecule has 3 aromatic rings. The molecule has 0 aliphatic heterocycles. The van der Waals surface area contributed by atoms with Crippen molar-refractivity contribution in [2.45, 2.75) is 20.4 Å². The van der Waals surface area contributed by atoms with E-state index >= 15 is 0 Å². The summed E-state index contributed by atoms with van der Waals surface area (Å²) >= 11 is 2.20. The number of aryl methyl sites for hydroxylation is 1. The van der Waals surface area contributed by atoms with Gasteiger partial charge in [-0.15, -0.1) is 0 Å². The fourth-order valence-corrected chi connectivity index (χ4v) is 3.27. The highest BCUT2D eigenvalue weighted by molar-refractivity contribution is 14.1. The van der Waals surface area contributed by atoms with Crippen LogP contribution in [0.4, 0.5) is 0 Å². The highest BCUT2D eigenvalue weighted by Crippen LogP contribution is 2.31. The van der Waals surface area contributed by atoms with E-state index in [0.717, 1.165) is 15.0 Å². The number of halogens is 1. The van der Waals surface area contributed by atoms with E-state index in [4.69, 9.17) is 14.0 Å². The van der Waals surface area contributed by atoms with Gasteiger partial charge in [-0.1, -0.05) is 5.16 Å². The van der Waals surface area contributed by atoms with Gasteiger partial charge in [-0.2, -0.15) is 10.1 Å². The number of ether oxygens (including phenoxy) is 2. The van der Waals surface area contributed by atoms with Crippen molar-refractivity contribution in [3.05, 3.63) is 39.0 Å². The van der Waals surface area contributed by atoms with E-state index in [-0.39, 0.29) is 37.3 Å². The summed E-state index contributed by atoms with van der Waals surface area (Å²) in [5.41, 5.74) is 2.43. The number of aromatic nitrogens is 4. The first-order valence-electron chi connectivity index (χ1n) is 9.64. The molecule has 0 atom stereocenters. The average Bonchev–Trinajstić information content (AvgIpc) is 3.38. The van der Waals surface area contributed by atoms with Crippen molar-refractivity contribution in [2.75, 3.05) is 27.3 Å². The number of hydrogen-bond acceptors (Lipinski definition) is 8. The molecule has 0 saturated carbocycles. The first-order valence-corrected chi connectivity index (χ1v) is 10.7. The van der Waals surface area contributed by atoms with E-state index in [1.54, 1.807) is 22.9 Å². The van der Waals surface area contributed by atoms with Crippen LogP contribution in [0.1, 0.15) is 22.1 Å². The minimum atomic E-state index is -0.536. The Morgan fingerprint density at radius 1 is 1.12 bits per heavy atom. The number of nitrogens with zero attached hydrogens (tertiary/aromatic N) is 4. The molecule has 0 bridgehead atoms. The number of methoxy groups -OCH3 is 2. The monoisotopic (exact) mass is 554 g/mol. The zero-order valence-corrected chi connectivity index (χ0v) is 20.2. The second-order valence-corrected chi connectivity index (χ2v) is 7.82. The van der Waals surface area contributed by atoms with Crippen molar-refractivity contribution in [3.8, 4) is 22.9 Å². The zero-order chi connectivity index (χ0) is 23.3. The lowest BCUT2D eigenvalue weighted by atomic mass is 10.2. The van der Waals surface area contributed by atoms with Crippen LogP contribution in [0.15, 0.2) is 22.7 Å². The van der Waals surface area contributed by atoms with Crippen LogP contribution in [0.2, 0.25) is 0 Å². The van der Waals surface area contributed by atoms with Crippen LogP contribution in [0.3, 0.4) is 0 Å². The Labute approximate surface area is 198 Å². The van der Waals surface area contributed by atoms with Crippen LogP contribution in [0, 0.1) is 17.4 Å². The predicted octanol–water partition coefficient (Wildman–Crippen LogP) is 1.72. The summed E-state index contributed by atoms with van der Waals surface area (Å²) in [6.07, 6.45) is 0. The lowest BCUT2D eigenvalue weighted by Gasteiger charge is -2.07. The molecule has 0 aliphatic rings. The van der Waals surface area contributed by atoms with Crippen LogP contribution in [-0.2, 0) is 11.3 Å². The molecule has 0 fully saturated rings. The number of carbonyl (C=O) groups excluding carboxylic acids is 2. The van der Waals surface area contributed by atoms with E-state index in [1.165, 1.54) is 14.2 Å². The fraction of sp³-hybridized carbons (Fsp3) is 0.350. The minimum absolute atomic E-state index is 0.113. The standard InChI is InChI=1S/C20H23IN6O5/c1-11-17(21)12(2)27(25-11)10-16(28)22-7-8-23-19(29)20-24-18(26-32-20)13-5-6-14(30-3)15(9-13)31-4/h5-6,9H,7-8,10H2,1-4H3,(H,22,28)(H,23,29). The van der Waals surface area contributed by atoms with Crippen LogP contribution < -0.4 is 20.1 Å². The van der Waals surface area contributed by atoms with Gasteiger partial charge in [0.25, 0.3) is 0 Å². The first kappa shape index (κ1) is 23.5. The molecule has 2 amide bonds. The predicted molar refractivity (Wildman–Crippen MR) is 123 cm³/mol. The highest BCUT2D eigenvalue weighted by atomic mass is 127. The molecule has 170 valence electrons. The van der Waals surface area contributed by atoms with Crippen molar-refractivity contribution in [2.24, 2.45) is 0 Å². The summed E-state index contributed by atoms with van der Waals surface area (Å²) in [6.45, 7) is 4.37. The van der Waals surface area contributed by atoms with Crippen molar-refractivity contribution in [3.63, 3.8) is 0 Å². The molecule has 1 aromatic carbocycles. The van der Waals surface area contributed by atoms with Crippen molar-refractivity contribution < 1.29 is 23.6 Å². The molecule has 3 rings (SSSR count). The van der Waals surface area contributed by atoms with E-state index in [9.17, 15) is 9.59 Å². The van der Waals surface area contributed by atoms with Crippen molar-refractivity contribution in [1.29, 1.82) is 0 Å². The summed E-state index contributed by atoms with van der Waals surface area (Å²) in [6, 6.07) is 5.12. The molecule has 0 unspecified atom stereocenters. The quantitative estimate of drug-likeness (QED) is 0.302. The normalized spacial score (nSPS) is 10.7.